The number of carbonyl (C=O) groups is 1. The van der Waals surface area contributed by atoms with Gasteiger partial charge < -0.3 is 19.5 Å². The van der Waals surface area contributed by atoms with Crippen LogP contribution in [-0.2, 0) is 4.74 Å². The number of ether oxygens (including phenoxy) is 1. The van der Waals surface area contributed by atoms with E-state index in [2.05, 4.69) is 16.3 Å². The molecule has 1 N–H and O–H groups in total. The molecule has 1 amide bonds. The van der Waals surface area contributed by atoms with Crippen LogP contribution < -0.4 is 10.9 Å². The summed E-state index contributed by atoms with van der Waals surface area (Å²) in [4.78, 5) is 27.8. The third-order valence-corrected chi connectivity index (χ3v) is 6.20. The molecular formula is C23H29N3O3. The zero-order valence-electron chi connectivity index (χ0n) is 16.9. The zero-order valence-corrected chi connectivity index (χ0v) is 16.9. The molecule has 6 heteroatoms. The lowest BCUT2D eigenvalue weighted by molar-refractivity contribution is 0.0767. The summed E-state index contributed by atoms with van der Waals surface area (Å²) in [6.07, 6.45) is 2.07. The number of methoxy groups -OCH3 is 1. The van der Waals surface area contributed by atoms with Gasteiger partial charge in [-0.15, -0.1) is 0 Å². The van der Waals surface area contributed by atoms with Crippen LogP contribution in [0.3, 0.4) is 0 Å². The van der Waals surface area contributed by atoms with Crippen molar-refractivity contribution in [2.24, 2.45) is 5.92 Å². The minimum absolute atomic E-state index is 0.0205. The summed E-state index contributed by atoms with van der Waals surface area (Å²) in [5.74, 6) is 0.622. The molecule has 1 saturated heterocycles. The minimum atomic E-state index is -0.0917. The Hall–Kier alpha value is -2.44. The Labute approximate surface area is 171 Å². The third-order valence-electron chi connectivity index (χ3n) is 6.20. The van der Waals surface area contributed by atoms with Crippen LogP contribution >= 0.6 is 0 Å². The number of nitrogens with zero attached hydrogens (tertiary/aromatic N) is 2. The molecule has 4 rings (SSSR count). The third kappa shape index (κ3) is 4.28. The lowest BCUT2D eigenvalue weighted by atomic mass is 9.78. The summed E-state index contributed by atoms with van der Waals surface area (Å²) < 4.78 is 7.15. The number of fused-ring (bicyclic) bond motifs is 4. The normalized spacial score (nSPS) is 23.4. The summed E-state index contributed by atoms with van der Waals surface area (Å²) in [5, 5.41) is 3.07. The van der Waals surface area contributed by atoms with E-state index in [0.29, 0.717) is 23.9 Å². The summed E-state index contributed by atoms with van der Waals surface area (Å²) in [6, 6.07) is 14.8. The largest absolute Gasteiger partial charge is 0.385 e. The zero-order chi connectivity index (χ0) is 20.2. The van der Waals surface area contributed by atoms with E-state index in [1.807, 2.05) is 41.0 Å². The number of likely N-dealkylation sites (tertiary alicyclic amines) is 1. The molecule has 0 radical (unpaired) electrons. The summed E-state index contributed by atoms with van der Waals surface area (Å²) in [7, 11) is 1.74. The van der Waals surface area contributed by atoms with Crippen LogP contribution in [0.1, 0.15) is 40.9 Å². The predicted molar refractivity (Wildman–Crippen MR) is 112 cm³/mol. The molecule has 0 spiro atoms. The van der Waals surface area contributed by atoms with E-state index in [4.69, 9.17) is 4.74 Å². The quantitative estimate of drug-likeness (QED) is 0.731. The fourth-order valence-electron chi connectivity index (χ4n) is 4.90. The van der Waals surface area contributed by atoms with Crippen LogP contribution in [0, 0.1) is 5.92 Å². The number of aromatic nitrogens is 1. The first-order chi connectivity index (χ1) is 14.2. The minimum Gasteiger partial charge on any atom is -0.385 e. The van der Waals surface area contributed by atoms with E-state index in [1.165, 1.54) is 0 Å². The van der Waals surface area contributed by atoms with Gasteiger partial charge >= 0.3 is 0 Å². The maximum Gasteiger partial charge on any atom is 0.251 e. The molecule has 1 aromatic carbocycles. The molecule has 2 bridgehead atoms. The molecule has 6 nitrogen and oxygen atoms in total. The van der Waals surface area contributed by atoms with E-state index < -0.39 is 0 Å². The molecule has 1 fully saturated rings. The number of piperidine rings is 1. The smallest absolute Gasteiger partial charge is 0.251 e. The van der Waals surface area contributed by atoms with Crippen molar-refractivity contribution in [2.75, 3.05) is 39.9 Å². The van der Waals surface area contributed by atoms with E-state index in [1.54, 1.807) is 13.2 Å². The molecule has 1 aromatic heterocycles. The molecule has 2 aliphatic heterocycles. The van der Waals surface area contributed by atoms with Crippen LogP contribution in [0.5, 0.6) is 0 Å². The SMILES string of the molecule is COCCCN1C[C@H]2C[C@@H](C1)[C@H](CNC(=O)c1ccccc1)n1c2cccc1=O. The van der Waals surface area contributed by atoms with Gasteiger partial charge in [-0.1, -0.05) is 24.3 Å². The van der Waals surface area contributed by atoms with Crippen molar-refractivity contribution in [1.29, 1.82) is 0 Å². The van der Waals surface area contributed by atoms with Crippen molar-refractivity contribution in [3.63, 3.8) is 0 Å². The van der Waals surface area contributed by atoms with Crippen LogP contribution in [0.15, 0.2) is 53.3 Å². The van der Waals surface area contributed by atoms with Crippen LogP contribution in [-0.4, -0.2) is 55.3 Å². The maximum absolute atomic E-state index is 12.7. The monoisotopic (exact) mass is 395 g/mol. The van der Waals surface area contributed by atoms with Crippen LogP contribution in [0.2, 0.25) is 0 Å². The summed E-state index contributed by atoms with van der Waals surface area (Å²) in [5.41, 5.74) is 1.78. The van der Waals surface area contributed by atoms with Gasteiger partial charge in [0.15, 0.2) is 0 Å². The van der Waals surface area contributed by atoms with Crippen LogP contribution in [0.25, 0.3) is 0 Å². The standard InChI is InChI=1S/C23H29N3O3/c1-29-12-6-11-25-15-18-13-19(16-25)21(26-20(18)9-5-10-22(26)27)14-24-23(28)17-7-3-2-4-8-17/h2-5,7-10,18-19,21H,6,11-16H2,1H3,(H,24,28)/t18-,19+,21+/m1/s1. The summed E-state index contributed by atoms with van der Waals surface area (Å²) in [6.45, 7) is 4.16. The van der Waals surface area contributed by atoms with E-state index >= 15 is 0 Å². The Morgan fingerprint density at radius 3 is 2.76 bits per heavy atom. The number of nitrogens with one attached hydrogen (secondary N) is 1. The van der Waals surface area contributed by atoms with E-state index in [9.17, 15) is 9.59 Å². The highest BCUT2D eigenvalue weighted by Crippen LogP contribution is 2.40. The molecule has 154 valence electrons. The Balaban J connectivity index is 1.54. The Morgan fingerprint density at radius 2 is 1.97 bits per heavy atom. The van der Waals surface area contributed by atoms with E-state index in [-0.39, 0.29) is 17.5 Å². The van der Waals surface area contributed by atoms with Crippen molar-refractivity contribution in [2.45, 2.75) is 24.8 Å². The van der Waals surface area contributed by atoms with Gasteiger partial charge in [-0.2, -0.15) is 0 Å². The molecule has 0 saturated carbocycles. The Bertz CT molecular complexity index is 896. The number of amides is 1. The van der Waals surface area contributed by atoms with Gasteiger partial charge in [0.1, 0.15) is 0 Å². The molecule has 3 heterocycles. The van der Waals surface area contributed by atoms with Crippen molar-refractivity contribution in [3.05, 3.63) is 70.1 Å². The average molecular weight is 396 g/mol. The molecule has 2 aliphatic rings. The first-order valence-electron chi connectivity index (χ1n) is 10.4. The number of rotatable bonds is 7. The highest BCUT2D eigenvalue weighted by Gasteiger charge is 2.40. The van der Waals surface area contributed by atoms with Crippen molar-refractivity contribution < 1.29 is 9.53 Å². The fourth-order valence-corrected chi connectivity index (χ4v) is 4.90. The van der Waals surface area contributed by atoms with Gasteiger partial charge in [0, 0.05) is 63.1 Å². The molecule has 2 aromatic rings. The van der Waals surface area contributed by atoms with Crippen LogP contribution in [0.4, 0.5) is 0 Å². The van der Waals surface area contributed by atoms with Gasteiger partial charge in [0.2, 0.25) is 0 Å². The average Bonchev–Trinajstić information content (AvgIpc) is 2.75. The number of hydrogen-bond acceptors (Lipinski definition) is 4. The second-order valence-electron chi connectivity index (χ2n) is 8.10. The topological polar surface area (TPSA) is 63.6 Å². The maximum atomic E-state index is 12.7. The molecular weight excluding hydrogens is 366 g/mol. The number of hydrogen-bond donors (Lipinski definition) is 1. The molecule has 0 aliphatic carbocycles. The first kappa shape index (κ1) is 19.9. The van der Waals surface area contributed by atoms with Gasteiger partial charge in [-0.25, -0.2) is 0 Å². The summed E-state index contributed by atoms with van der Waals surface area (Å²) >= 11 is 0. The highest BCUT2D eigenvalue weighted by atomic mass is 16.5. The molecule has 29 heavy (non-hydrogen) atoms. The molecule has 0 unspecified atom stereocenters. The Morgan fingerprint density at radius 1 is 1.14 bits per heavy atom. The first-order valence-corrected chi connectivity index (χ1v) is 10.4. The lowest BCUT2D eigenvalue weighted by Crippen LogP contribution is -2.52. The van der Waals surface area contributed by atoms with Crippen molar-refractivity contribution >= 4 is 5.91 Å². The van der Waals surface area contributed by atoms with Gasteiger partial charge in [-0.05, 0) is 37.0 Å². The fraction of sp³-hybridized carbons (Fsp3) is 0.478. The van der Waals surface area contributed by atoms with Crippen molar-refractivity contribution in [1.82, 2.24) is 14.8 Å². The predicted octanol–water partition coefficient (Wildman–Crippen LogP) is 2.27. The van der Waals surface area contributed by atoms with E-state index in [0.717, 1.165) is 44.8 Å². The number of pyridine rings is 1. The highest BCUT2D eigenvalue weighted by molar-refractivity contribution is 5.94. The van der Waals surface area contributed by atoms with Gasteiger partial charge in [-0.3, -0.25) is 9.59 Å². The van der Waals surface area contributed by atoms with Crippen molar-refractivity contribution in [3.8, 4) is 0 Å². The second-order valence-corrected chi connectivity index (χ2v) is 8.10. The molecule has 3 atom stereocenters. The number of benzene rings is 1. The Kier molecular flexibility index (Phi) is 6.11. The van der Waals surface area contributed by atoms with Gasteiger partial charge in [0.25, 0.3) is 11.5 Å². The number of carbonyl (C=O) groups excluding carboxylic acids is 1. The lowest BCUT2D eigenvalue weighted by Gasteiger charge is -2.47. The second kappa shape index (κ2) is 8.93. The van der Waals surface area contributed by atoms with Gasteiger partial charge in [0.05, 0.1) is 6.04 Å².